The fourth-order valence-electron chi connectivity index (χ4n) is 2.63. The summed E-state index contributed by atoms with van der Waals surface area (Å²) >= 11 is 0. The van der Waals surface area contributed by atoms with Gasteiger partial charge in [-0.1, -0.05) is 25.1 Å². The molecule has 5 nitrogen and oxygen atoms in total. The molecule has 0 aromatic heterocycles. The number of aliphatic imine (C=N–C) groups is 1. The Morgan fingerprint density at radius 1 is 1.30 bits per heavy atom. The Labute approximate surface area is 139 Å². The van der Waals surface area contributed by atoms with Crippen molar-refractivity contribution in [3.05, 3.63) is 30.3 Å². The Bertz CT molecular complexity index is 470. The maximum atomic E-state index is 9.65. The zero-order valence-electron chi connectivity index (χ0n) is 14.2. The van der Waals surface area contributed by atoms with E-state index in [1.807, 2.05) is 30.3 Å². The van der Waals surface area contributed by atoms with Gasteiger partial charge in [-0.2, -0.15) is 0 Å². The number of para-hydroxylation sites is 1. The minimum Gasteiger partial charge on any atom is -0.489 e. The summed E-state index contributed by atoms with van der Waals surface area (Å²) in [7, 11) is 0. The summed E-state index contributed by atoms with van der Waals surface area (Å²) < 4.78 is 6.00. The molecular formula is C18H29N3O2. The fourth-order valence-corrected chi connectivity index (χ4v) is 2.63. The van der Waals surface area contributed by atoms with Crippen LogP contribution >= 0.6 is 0 Å². The predicted molar refractivity (Wildman–Crippen MR) is 93.9 cm³/mol. The Kier molecular flexibility index (Phi) is 7.20. The Balaban J connectivity index is 1.94. The average Bonchev–Trinajstić information content (AvgIpc) is 2.59. The second-order valence-corrected chi connectivity index (χ2v) is 5.87. The first-order valence-electron chi connectivity index (χ1n) is 8.66. The average molecular weight is 319 g/mol. The molecule has 0 bridgehead atoms. The van der Waals surface area contributed by atoms with Crippen LogP contribution in [0.2, 0.25) is 0 Å². The third kappa shape index (κ3) is 5.75. The van der Waals surface area contributed by atoms with Gasteiger partial charge in [0, 0.05) is 19.6 Å². The van der Waals surface area contributed by atoms with Gasteiger partial charge in [-0.3, -0.25) is 0 Å². The van der Waals surface area contributed by atoms with Crippen LogP contribution in [-0.2, 0) is 0 Å². The molecule has 0 spiro atoms. The maximum Gasteiger partial charge on any atom is 0.194 e. The number of nitrogens with zero attached hydrogens (tertiary/aromatic N) is 2. The quantitative estimate of drug-likeness (QED) is 0.624. The van der Waals surface area contributed by atoms with Gasteiger partial charge in [0.05, 0.1) is 12.6 Å². The molecule has 5 heteroatoms. The van der Waals surface area contributed by atoms with Crippen molar-refractivity contribution in [3.63, 3.8) is 0 Å². The highest BCUT2D eigenvalue weighted by atomic mass is 16.5. The van der Waals surface area contributed by atoms with Crippen molar-refractivity contribution in [2.45, 2.75) is 45.3 Å². The Hall–Kier alpha value is -1.75. The lowest BCUT2D eigenvalue weighted by Gasteiger charge is -2.32. The molecule has 2 rings (SSSR count). The first kappa shape index (κ1) is 17.6. The maximum absolute atomic E-state index is 9.65. The molecule has 1 heterocycles. The number of guanidine groups is 1. The molecule has 1 fully saturated rings. The van der Waals surface area contributed by atoms with Gasteiger partial charge < -0.3 is 20.1 Å². The minimum atomic E-state index is -0.168. The Morgan fingerprint density at radius 2 is 2.00 bits per heavy atom. The van der Waals surface area contributed by atoms with Crippen LogP contribution in [0.4, 0.5) is 0 Å². The van der Waals surface area contributed by atoms with Crippen molar-refractivity contribution in [1.29, 1.82) is 0 Å². The molecule has 0 radical (unpaired) electrons. The van der Waals surface area contributed by atoms with E-state index in [9.17, 15) is 5.11 Å². The van der Waals surface area contributed by atoms with E-state index in [-0.39, 0.29) is 12.2 Å². The number of hydrogen-bond donors (Lipinski definition) is 2. The van der Waals surface area contributed by atoms with Crippen molar-refractivity contribution in [2.75, 3.05) is 26.2 Å². The fraction of sp³-hybridized carbons (Fsp3) is 0.611. The van der Waals surface area contributed by atoms with Crippen LogP contribution in [0.5, 0.6) is 5.75 Å². The minimum absolute atomic E-state index is 0.0708. The third-order valence-electron chi connectivity index (χ3n) is 4.04. The zero-order chi connectivity index (χ0) is 16.5. The number of likely N-dealkylation sites (tertiary alicyclic amines) is 1. The number of benzene rings is 1. The number of nitrogens with one attached hydrogen (secondary N) is 1. The Morgan fingerprint density at radius 3 is 2.61 bits per heavy atom. The lowest BCUT2D eigenvalue weighted by molar-refractivity contribution is 0.107. The molecule has 1 aromatic rings. The molecule has 2 N–H and O–H groups in total. The SMILES string of the molecule is CCNC(=NCC(CC)Oc1ccccc1)N1CCC(O)CC1. The lowest BCUT2D eigenvalue weighted by atomic mass is 10.1. The van der Waals surface area contributed by atoms with Crippen molar-refractivity contribution in [1.82, 2.24) is 10.2 Å². The van der Waals surface area contributed by atoms with Crippen LogP contribution in [0.3, 0.4) is 0 Å². The molecule has 0 aliphatic carbocycles. The standard InChI is InChI=1S/C18H29N3O2/c1-3-16(23-17-8-6-5-7-9-17)14-20-18(19-4-2)21-12-10-15(22)11-13-21/h5-9,15-16,22H,3-4,10-14H2,1-2H3,(H,19,20). The number of aliphatic hydroxyl groups is 1. The second-order valence-electron chi connectivity index (χ2n) is 5.87. The summed E-state index contributed by atoms with van der Waals surface area (Å²) in [6.07, 6.45) is 2.43. The first-order chi connectivity index (χ1) is 11.2. The van der Waals surface area contributed by atoms with Gasteiger partial charge >= 0.3 is 0 Å². The van der Waals surface area contributed by atoms with E-state index >= 15 is 0 Å². The number of hydrogen-bond acceptors (Lipinski definition) is 3. The van der Waals surface area contributed by atoms with E-state index in [0.717, 1.165) is 50.6 Å². The van der Waals surface area contributed by atoms with Crippen molar-refractivity contribution in [2.24, 2.45) is 4.99 Å². The predicted octanol–water partition coefficient (Wildman–Crippen LogP) is 2.27. The van der Waals surface area contributed by atoms with E-state index in [1.165, 1.54) is 0 Å². The molecule has 0 saturated carbocycles. The monoisotopic (exact) mass is 319 g/mol. The van der Waals surface area contributed by atoms with Gasteiger partial charge in [0.15, 0.2) is 5.96 Å². The summed E-state index contributed by atoms with van der Waals surface area (Å²) in [5.74, 6) is 1.81. The number of aliphatic hydroxyl groups excluding tert-OH is 1. The van der Waals surface area contributed by atoms with Crippen molar-refractivity contribution in [3.8, 4) is 5.75 Å². The van der Waals surface area contributed by atoms with Crippen LogP contribution in [0.15, 0.2) is 35.3 Å². The van der Waals surface area contributed by atoms with Gasteiger partial charge in [0.25, 0.3) is 0 Å². The van der Waals surface area contributed by atoms with Crippen LogP contribution in [0, 0.1) is 0 Å². The van der Waals surface area contributed by atoms with Crippen LogP contribution in [0.1, 0.15) is 33.1 Å². The highest BCUT2D eigenvalue weighted by molar-refractivity contribution is 5.80. The van der Waals surface area contributed by atoms with Gasteiger partial charge in [-0.25, -0.2) is 4.99 Å². The molecule has 23 heavy (non-hydrogen) atoms. The zero-order valence-corrected chi connectivity index (χ0v) is 14.2. The van der Waals surface area contributed by atoms with Crippen molar-refractivity contribution >= 4 is 5.96 Å². The summed E-state index contributed by atoms with van der Waals surface area (Å²) in [4.78, 5) is 6.98. The van der Waals surface area contributed by atoms with E-state index in [4.69, 9.17) is 9.73 Å². The normalized spacial score (nSPS) is 17.9. The summed E-state index contributed by atoms with van der Waals surface area (Å²) in [5.41, 5.74) is 0. The summed E-state index contributed by atoms with van der Waals surface area (Å²) in [6.45, 7) is 7.37. The van der Waals surface area contributed by atoms with Gasteiger partial charge in [0.2, 0.25) is 0 Å². The third-order valence-corrected chi connectivity index (χ3v) is 4.04. The van der Waals surface area contributed by atoms with Crippen molar-refractivity contribution < 1.29 is 9.84 Å². The molecule has 128 valence electrons. The molecular weight excluding hydrogens is 290 g/mol. The lowest BCUT2D eigenvalue weighted by Crippen LogP contribution is -2.47. The van der Waals surface area contributed by atoms with Gasteiger partial charge in [-0.15, -0.1) is 0 Å². The highest BCUT2D eigenvalue weighted by Crippen LogP contribution is 2.13. The van der Waals surface area contributed by atoms with Crippen LogP contribution < -0.4 is 10.1 Å². The molecule has 1 saturated heterocycles. The molecule has 1 unspecified atom stereocenters. The number of piperidine rings is 1. The van der Waals surface area contributed by atoms with E-state index in [2.05, 4.69) is 24.1 Å². The largest absolute Gasteiger partial charge is 0.489 e. The smallest absolute Gasteiger partial charge is 0.194 e. The highest BCUT2D eigenvalue weighted by Gasteiger charge is 2.20. The molecule has 1 aliphatic heterocycles. The summed E-state index contributed by atoms with van der Waals surface area (Å²) in [5, 5.41) is 13.0. The topological polar surface area (TPSA) is 57.1 Å². The second kappa shape index (κ2) is 9.40. The van der Waals surface area contributed by atoms with Gasteiger partial charge in [0.1, 0.15) is 11.9 Å². The molecule has 1 atom stereocenters. The molecule has 1 aliphatic rings. The number of rotatable bonds is 6. The molecule has 1 aromatic carbocycles. The first-order valence-corrected chi connectivity index (χ1v) is 8.66. The number of ether oxygens (including phenoxy) is 1. The van der Waals surface area contributed by atoms with E-state index in [1.54, 1.807) is 0 Å². The van der Waals surface area contributed by atoms with Crippen LogP contribution in [0.25, 0.3) is 0 Å². The molecule has 0 amide bonds. The van der Waals surface area contributed by atoms with E-state index < -0.39 is 0 Å². The van der Waals surface area contributed by atoms with Crippen LogP contribution in [-0.4, -0.2) is 54.4 Å². The van der Waals surface area contributed by atoms with E-state index in [0.29, 0.717) is 6.54 Å². The summed E-state index contributed by atoms with van der Waals surface area (Å²) in [6, 6.07) is 9.90. The van der Waals surface area contributed by atoms with Gasteiger partial charge in [-0.05, 0) is 38.3 Å².